The predicted molar refractivity (Wildman–Crippen MR) is 56.7 cm³/mol. The molecular formula is C11H14N2O2. The van der Waals surface area contributed by atoms with Gasteiger partial charge in [0.05, 0.1) is 18.7 Å². The van der Waals surface area contributed by atoms with E-state index in [2.05, 4.69) is 0 Å². The van der Waals surface area contributed by atoms with Gasteiger partial charge in [0.1, 0.15) is 0 Å². The summed E-state index contributed by atoms with van der Waals surface area (Å²) < 4.78 is 4.97. The minimum atomic E-state index is -0.0745. The Morgan fingerprint density at radius 3 is 2.73 bits per heavy atom. The molecule has 0 amide bonds. The van der Waals surface area contributed by atoms with Gasteiger partial charge in [-0.1, -0.05) is 0 Å². The Morgan fingerprint density at radius 1 is 1.60 bits per heavy atom. The van der Waals surface area contributed by atoms with Gasteiger partial charge in [-0.3, -0.25) is 0 Å². The average molecular weight is 206 g/mol. The summed E-state index contributed by atoms with van der Waals surface area (Å²) in [6.45, 7) is 1.84. The fourth-order valence-electron chi connectivity index (χ4n) is 1.39. The van der Waals surface area contributed by atoms with Crippen LogP contribution in [0.25, 0.3) is 0 Å². The first-order valence-electron chi connectivity index (χ1n) is 4.64. The summed E-state index contributed by atoms with van der Waals surface area (Å²) in [6, 6.07) is 5.06. The lowest BCUT2D eigenvalue weighted by Crippen LogP contribution is -2.18. The van der Waals surface area contributed by atoms with Crippen molar-refractivity contribution in [3.63, 3.8) is 0 Å². The fourth-order valence-corrected chi connectivity index (χ4v) is 1.39. The highest BCUT2D eigenvalue weighted by atomic mass is 16.5. The Kier molecular flexibility index (Phi) is 3.53. The third-order valence-electron chi connectivity index (χ3n) is 2.04. The third-order valence-corrected chi connectivity index (χ3v) is 2.04. The first-order valence-corrected chi connectivity index (χ1v) is 4.64. The average Bonchev–Trinajstić information content (AvgIpc) is 2.20. The summed E-state index contributed by atoms with van der Waals surface area (Å²) in [5.41, 5.74) is 6.74. The number of nitrogens with zero attached hydrogens (tertiary/aromatic N) is 1. The van der Waals surface area contributed by atoms with Gasteiger partial charge in [0.2, 0.25) is 0 Å². The Bertz CT molecular complexity index is 394. The number of ether oxygens (including phenoxy) is 1. The minimum absolute atomic E-state index is 0.0637. The lowest BCUT2D eigenvalue weighted by molar-refractivity contribution is 0.370. The van der Waals surface area contributed by atoms with Crippen molar-refractivity contribution in [3.05, 3.63) is 23.3 Å². The number of methoxy groups -OCH3 is 1. The second kappa shape index (κ2) is 4.67. The van der Waals surface area contributed by atoms with E-state index in [0.29, 0.717) is 23.3 Å². The van der Waals surface area contributed by atoms with Gasteiger partial charge < -0.3 is 15.6 Å². The first-order chi connectivity index (χ1) is 7.08. The molecule has 4 heteroatoms. The molecule has 0 aliphatic carbocycles. The second-order valence-electron chi connectivity index (χ2n) is 3.48. The van der Waals surface area contributed by atoms with Crippen LogP contribution in [0.1, 0.15) is 18.1 Å². The van der Waals surface area contributed by atoms with Crippen LogP contribution in [0.4, 0.5) is 0 Å². The van der Waals surface area contributed by atoms with Gasteiger partial charge in [-0.25, -0.2) is 0 Å². The highest BCUT2D eigenvalue weighted by Crippen LogP contribution is 2.31. The molecule has 15 heavy (non-hydrogen) atoms. The predicted octanol–water partition coefficient (Wildman–Crippen LogP) is 1.16. The molecule has 0 bridgehead atoms. The van der Waals surface area contributed by atoms with Crippen LogP contribution in [-0.4, -0.2) is 18.3 Å². The van der Waals surface area contributed by atoms with Crippen LogP contribution < -0.4 is 10.5 Å². The summed E-state index contributed by atoms with van der Waals surface area (Å²) in [6.07, 6.45) is 0.512. The molecule has 4 nitrogen and oxygen atoms in total. The Morgan fingerprint density at radius 2 is 2.27 bits per heavy atom. The molecule has 0 fully saturated rings. The maximum atomic E-state index is 9.77. The van der Waals surface area contributed by atoms with Crippen molar-refractivity contribution in [2.45, 2.75) is 19.4 Å². The molecule has 0 aliphatic rings. The van der Waals surface area contributed by atoms with E-state index < -0.39 is 0 Å². The van der Waals surface area contributed by atoms with Gasteiger partial charge in [-0.05, 0) is 19.4 Å². The molecule has 3 N–H and O–H groups in total. The van der Waals surface area contributed by atoms with Crippen molar-refractivity contribution >= 4 is 0 Å². The van der Waals surface area contributed by atoms with Crippen LogP contribution in [0.2, 0.25) is 0 Å². The van der Waals surface area contributed by atoms with Crippen molar-refractivity contribution in [2.75, 3.05) is 7.11 Å². The molecule has 0 aromatic heterocycles. The van der Waals surface area contributed by atoms with Crippen LogP contribution in [0.15, 0.2) is 12.1 Å². The first kappa shape index (κ1) is 11.3. The van der Waals surface area contributed by atoms with Crippen LogP contribution in [0, 0.1) is 11.3 Å². The quantitative estimate of drug-likeness (QED) is 0.777. The molecule has 0 aliphatic heterocycles. The third kappa shape index (κ3) is 2.61. The number of phenols is 1. The Hall–Kier alpha value is -1.73. The zero-order valence-electron chi connectivity index (χ0n) is 8.82. The summed E-state index contributed by atoms with van der Waals surface area (Å²) in [5.74, 6) is 0.374. The van der Waals surface area contributed by atoms with Gasteiger partial charge in [0, 0.05) is 17.7 Å². The zero-order chi connectivity index (χ0) is 11.4. The van der Waals surface area contributed by atoms with Gasteiger partial charge in [-0.15, -0.1) is 0 Å². The van der Waals surface area contributed by atoms with Crippen molar-refractivity contribution < 1.29 is 9.84 Å². The fraction of sp³-hybridized carbons (Fsp3) is 0.364. The summed E-state index contributed by atoms with van der Waals surface area (Å²) >= 11 is 0. The van der Waals surface area contributed by atoms with E-state index in [1.165, 1.54) is 13.2 Å². The largest absolute Gasteiger partial charge is 0.504 e. The molecule has 0 heterocycles. The number of nitriles is 1. The normalized spacial score (nSPS) is 11.9. The van der Waals surface area contributed by atoms with E-state index in [9.17, 15) is 5.11 Å². The van der Waals surface area contributed by atoms with E-state index in [1.807, 2.05) is 13.0 Å². The summed E-state index contributed by atoms with van der Waals surface area (Å²) in [4.78, 5) is 0. The number of hydrogen-bond donors (Lipinski definition) is 2. The molecular weight excluding hydrogens is 192 g/mol. The molecule has 1 unspecified atom stereocenters. The van der Waals surface area contributed by atoms with E-state index in [4.69, 9.17) is 15.7 Å². The molecule has 0 saturated heterocycles. The molecule has 80 valence electrons. The minimum Gasteiger partial charge on any atom is -0.504 e. The molecule has 1 rings (SSSR count). The maximum Gasteiger partial charge on any atom is 0.162 e. The summed E-state index contributed by atoms with van der Waals surface area (Å²) in [7, 11) is 1.45. The van der Waals surface area contributed by atoms with Gasteiger partial charge >= 0.3 is 0 Å². The molecule has 1 aromatic carbocycles. The maximum absolute atomic E-state index is 9.77. The van der Waals surface area contributed by atoms with Crippen LogP contribution in [0.5, 0.6) is 11.5 Å². The molecule has 0 saturated carbocycles. The van der Waals surface area contributed by atoms with E-state index in [1.54, 1.807) is 6.07 Å². The van der Waals surface area contributed by atoms with Crippen molar-refractivity contribution in [1.29, 1.82) is 5.26 Å². The molecule has 0 spiro atoms. The number of nitrogens with two attached hydrogens (primary N) is 1. The summed E-state index contributed by atoms with van der Waals surface area (Å²) in [5, 5.41) is 18.6. The van der Waals surface area contributed by atoms with E-state index in [-0.39, 0.29) is 11.8 Å². The van der Waals surface area contributed by atoms with Gasteiger partial charge in [0.15, 0.2) is 11.5 Å². The smallest absolute Gasteiger partial charge is 0.162 e. The molecule has 0 radical (unpaired) electrons. The Labute approximate surface area is 88.9 Å². The zero-order valence-corrected chi connectivity index (χ0v) is 8.82. The van der Waals surface area contributed by atoms with E-state index >= 15 is 0 Å². The van der Waals surface area contributed by atoms with Crippen molar-refractivity contribution in [3.8, 4) is 17.6 Å². The van der Waals surface area contributed by atoms with Gasteiger partial charge in [-0.2, -0.15) is 5.26 Å². The van der Waals surface area contributed by atoms with Crippen LogP contribution >= 0.6 is 0 Å². The van der Waals surface area contributed by atoms with Crippen molar-refractivity contribution in [1.82, 2.24) is 0 Å². The SMILES string of the molecule is COc1cc(C#N)cc(CC(C)N)c1O. The second-order valence-corrected chi connectivity index (χ2v) is 3.48. The highest BCUT2D eigenvalue weighted by molar-refractivity contribution is 5.51. The Balaban J connectivity index is 3.19. The number of rotatable bonds is 3. The van der Waals surface area contributed by atoms with E-state index in [0.717, 1.165) is 0 Å². The monoisotopic (exact) mass is 206 g/mol. The molecule has 1 atom stereocenters. The highest BCUT2D eigenvalue weighted by Gasteiger charge is 2.11. The number of benzene rings is 1. The number of aromatic hydroxyl groups is 1. The number of phenolic OH excluding ortho intramolecular Hbond substituents is 1. The number of hydrogen-bond acceptors (Lipinski definition) is 4. The topological polar surface area (TPSA) is 79.3 Å². The standard InChI is InChI=1S/C11H14N2O2/c1-7(13)3-9-4-8(6-12)5-10(15-2)11(9)14/h4-5,7,14H,3,13H2,1-2H3. The molecule has 1 aromatic rings. The van der Waals surface area contributed by atoms with Crippen LogP contribution in [-0.2, 0) is 6.42 Å². The lowest BCUT2D eigenvalue weighted by Gasteiger charge is -2.11. The van der Waals surface area contributed by atoms with Gasteiger partial charge in [0.25, 0.3) is 0 Å². The lowest BCUT2D eigenvalue weighted by atomic mass is 10.0. The van der Waals surface area contributed by atoms with Crippen LogP contribution in [0.3, 0.4) is 0 Å². The van der Waals surface area contributed by atoms with Crippen molar-refractivity contribution in [2.24, 2.45) is 5.73 Å².